The zero-order valence-corrected chi connectivity index (χ0v) is 11.4. The maximum atomic E-state index is 13.4. The predicted molar refractivity (Wildman–Crippen MR) is 71.1 cm³/mol. The van der Waals surface area contributed by atoms with Gasteiger partial charge >= 0.3 is 0 Å². The SMILES string of the molecule is Cc1cc(NCc2nc(C)c(C)o2)c([N+](=O)[O-])cc1F. The highest BCUT2D eigenvalue weighted by atomic mass is 19.1. The first-order valence-electron chi connectivity index (χ1n) is 6.00. The first-order chi connectivity index (χ1) is 9.38. The molecule has 0 amide bonds. The number of halogens is 1. The summed E-state index contributed by atoms with van der Waals surface area (Å²) in [6, 6.07) is 2.31. The Balaban J connectivity index is 2.24. The average molecular weight is 279 g/mol. The lowest BCUT2D eigenvalue weighted by Crippen LogP contribution is -2.04. The molecule has 0 fully saturated rings. The molecule has 0 unspecified atom stereocenters. The predicted octanol–water partition coefficient (Wildman–Crippen LogP) is 3.26. The number of aromatic nitrogens is 1. The van der Waals surface area contributed by atoms with Gasteiger partial charge in [0.25, 0.3) is 5.69 Å². The van der Waals surface area contributed by atoms with Crippen molar-refractivity contribution in [2.75, 3.05) is 5.32 Å². The van der Waals surface area contributed by atoms with Crippen LogP contribution in [-0.4, -0.2) is 9.91 Å². The van der Waals surface area contributed by atoms with Crippen molar-refractivity contribution in [3.05, 3.63) is 51.0 Å². The van der Waals surface area contributed by atoms with Gasteiger partial charge in [0, 0.05) is 0 Å². The number of rotatable bonds is 4. The van der Waals surface area contributed by atoms with E-state index in [1.807, 2.05) is 6.92 Å². The zero-order valence-electron chi connectivity index (χ0n) is 11.4. The molecule has 6 nitrogen and oxygen atoms in total. The second-order valence-electron chi connectivity index (χ2n) is 4.48. The molecule has 0 saturated carbocycles. The molecule has 1 N–H and O–H groups in total. The van der Waals surface area contributed by atoms with Crippen LogP contribution in [0.3, 0.4) is 0 Å². The molecule has 0 aliphatic carbocycles. The van der Waals surface area contributed by atoms with Crippen molar-refractivity contribution in [3.63, 3.8) is 0 Å². The number of anilines is 1. The molecule has 1 aromatic heterocycles. The van der Waals surface area contributed by atoms with Crippen LogP contribution in [0.5, 0.6) is 0 Å². The summed E-state index contributed by atoms with van der Waals surface area (Å²) in [6.07, 6.45) is 0. The van der Waals surface area contributed by atoms with Crippen LogP contribution in [0.25, 0.3) is 0 Å². The van der Waals surface area contributed by atoms with E-state index < -0.39 is 10.7 Å². The van der Waals surface area contributed by atoms with Crippen molar-refractivity contribution in [2.45, 2.75) is 27.3 Å². The van der Waals surface area contributed by atoms with Gasteiger partial charge in [0.15, 0.2) is 0 Å². The van der Waals surface area contributed by atoms with Crippen LogP contribution in [0.4, 0.5) is 15.8 Å². The van der Waals surface area contributed by atoms with E-state index in [4.69, 9.17) is 4.42 Å². The Labute approximate surface area is 114 Å². The number of nitro benzene ring substituents is 1. The quantitative estimate of drug-likeness (QED) is 0.686. The molecule has 0 saturated heterocycles. The van der Waals surface area contributed by atoms with E-state index in [1.165, 1.54) is 6.07 Å². The van der Waals surface area contributed by atoms with Gasteiger partial charge in [-0.25, -0.2) is 9.37 Å². The summed E-state index contributed by atoms with van der Waals surface area (Å²) in [5, 5.41) is 13.8. The monoisotopic (exact) mass is 279 g/mol. The van der Waals surface area contributed by atoms with Crippen molar-refractivity contribution >= 4 is 11.4 Å². The molecule has 2 rings (SSSR count). The standard InChI is InChI=1S/C13H14FN3O3/c1-7-4-11(12(17(18)19)5-10(7)14)15-6-13-16-8(2)9(3)20-13/h4-5,15H,6H2,1-3H3. The molecule has 106 valence electrons. The fraction of sp³-hybridized carbons (Fsp3) is 0.308. The van der Waals surface area contributed by atoms with Gasteiger partial charge in [-0.2, -0.15) is 0 Å². The summed E-state index contributed by atoms with van der Waals surface area (Å²) in [5.74, 6) is 0.521. The highest BCUT2D eigenvalue weighted by molar-refractivity contribution is 5.63. The third-order valence-electron chi connectivity index (χ3n) is 2.98. The number of benzene rings is 1. The second-order valence-corrected chi connectivity index (χ2v) is 4.48. The third kappa shape index (κ3) is 2.76. The van der Waals surface area contributed by atoms with Crippen molar-refractivity contribution in [1.29, 1.82) is 0 Å². The van der Waals surface area contributed by atoms with E-state index >= 15 is 0 Å². The summed E-state index contributed by atoms with van der Waals surface area (Å²) in [4.78, 5) is 14.5. The third-order valence-corrected chi connectivity index (χ3v) is 2.98. The van der Waals surface area contributed by atoms with Gasteiger partial charge in [0.1, 0.15) is 17.3 Å². The Morgan fingerprint density at radius 1 is 1.40 bits per heavy atom. The van der Waals surface area contributed by atoms with Crippen molar-refractivity contribution in [1.82, 2.24) is 4.98 Å². The maximum Gasteiger partial charge on any atom is 0.295 e. The minimum absolute atomic E-state index is 0.195. The first kappa shape index (κ1) is 14.0. The van der Waals surface area contributed by atoms with Gasteiger partial charge < -0.3 is 9.73 Å². The molecule has 0 atom stereocenters. The summed E-state index contributed by atoms with van der Waals surface area (Å²) >= 11 is 0. The topological polar surface area (TPSA) is 81.2 Å². The summed E-state index contributed by atoms with van der Waals surface area (Å²) in [5.41, 5.74) is 1.03. The van der Waals surface area contributed by atoms with E-state index in [-0.39, 0.29) is 17.9 Å². The molecule has 1 aromatic carbocycles. The molecule has 1 heterocycles. The first-order valence-corrected chi connectivity index (χ1v) is 6.00. The van der Waals surface area contributed by atoms with Crippen LogP contribution >= 0.6 is 0 Å². The molecular formula is C13H14FN3O3. The van der Waals surface area contributed by atoms with Gasteiger partial charge in [-0.1, -0.05) is 0 Å². The number of nitrogens with zero attached hydrogens (tertiary/aromatic N) is 2. The number of nitrogens with one attached hydrogen (secondary N) is 1. The summed E-state index contributed by atoms with van der Waals surface area (Å²) in [7, 11) is 0. The highest BCUT2D eigenvalue weighted by Crippen LogP contribution is 2.28. The molecule has 20 heavy (non-hydrogen) atoms. The maximum absolute atomic E-state index is 13.4. The lowest BCUT2D eigenvalue weighted by Gasteiger charge is -2.06. The summed E-state index contributed by atoms with van der Waals surface area (Å²) < 4.78 is 18.7. The normalized spacial score (nSPS) is 10.6. The Kier molecular flexibility index (Phi) is 3.69. The Morgan fingerprint density at radius 2 is 2.10 bits per heavy atom. The van der Waals surface area contributed by atoms with Crippen LogP contribution < -0.4 is 5.32 Å². The number of nitro groups is 1. The van der Waals surface area contributed by atoms with Gasteiger partial charge in [0.05, 0.1) is 23.2 Å². The minimum atomic E-state index is -0.628. The smallest absolute Gasteiger partial charge is 0.295 e. The molecule has 2 aromatic rings. The summed E-state index contributed by atoms with van der Waals surface area (Å²) in [6.45, 7) is 5.34. The second kappa shape index (κ2) is 5.28. The van der Waals surface area contributed by atoms with Gasteiger partial charge in [-0.15, -0.1) is 0 Å². The Morgan fingerprint density at radius 3 is 2.65 bits per heavy atom. The fourth-order valence-corrected chi connectivity index (χ4v) is 1.75. The molecule has 0 bridgehead atoms. The molecule has 0 aliphatic heterocycles. The lowest BCUT2D eigenvalue weighted by atomic mass is 10.2. The lowest BCUT2D eigenvalue weighted by molar-refractivity contribution is -0.384. The van der Waals surface area contributed by atoms with Crippen LogP contribution in [0.2, 0.25) is 0 Å². The van der Waals surface area contributed by atoms with Crippen LogP contribution in [0, 0.1) is 36.7 Å². The average Bonchev–Trinajstić information content (AvgIpc) is 2.69. The number of hydrogen-bond donors (Lipinski definition) is 1. The number of aryl methyl sites for hydroxylation is 3. The van der Waals surface area contributed by atoms with Gasteiger partial charge in [-0.3, -0.25) is 10.1 Å². The zero-order chi connectivity index (χ0) is 14.9. The van der Waals surface area contributed by atoms with E-state index in [9.17, 15) is 14.5 Å². The molecule has 0 aliphatic rings. The van der Waals surface area contributed by atoms with E-state index in [0.29, 0.717) is 17.2 Å². The number of hydrogen-bond acceptors (Lipinski definition) is 5. The van der Waals surface area contributed by atoms with Crippen molar-refractivity contribution < 1.29 is 13.7 Å². The largest absolute Gasteiger partial charge is 0.444 e. The van der Waals surface area contributed by atoms with Crippen molar-refractivity contribution in [3.8, 4) is 0 Å². The van der Waals surface area contributed by atoms with E-state index in [1.54, 1.807) is 13.8 Å². The molecule has 7 heteroatoms. The van der Waals surface area contributed by atoms with Gasteiger partial charge in [-0.05, 0) is 32.4 Å². The van der Waals surface area contributed by atoms with E-state index in [2.05, 4.69) is 10.3 Å². The highest BCUT2D eigenvalue weighted by Gasteiger charge is 2.17. The molecule has 0 spiro atoms. The number of oxazole rings is 1. The Hall–Kier alpha value is -2.44. The molecule has 0 radical (unpaired) electrons. The fourth-order valence-electron chi connectivity index (χ4n) is 1.75. The van der Waals surface area contributed by atoms with Gasteiger partial charge in [0.2, 0.25) is 5.89 Å². The van der Waals surface area contributed by atoms with E-state index in [0.717, 1.165) is 11.8 Å². The van der Waals surface area contributed by atoms with Crippen LogP contribution in [0.15, 0.2) is 16.5 Å². The minimum Gasteiger partial charge on any atom is -0.444 e. The molecular weight excluding hydrogens is 265 g/mol. The van der Waals surface area contributed by atoms with Crippen LogP contribution in [-0.2, 0) is 6.54 Å². The van der Waals surface area contributed by atoms with Crippen LogP contribution in [0.1, 0.15) is 22.9 Å². The van der Waals surface area contributed by atoms with Crippen molar-refractivity contribution in [2.24, 2.45) is 0 Å². The Bertz CT molecular complexity index is 648.